The van der Waals surface area contributed by atoms with Crippen molar-refractivity contribution in [2.45, 2.75) is 45.3 Å². The van der Waals surface area contributed by atoms with Crippen LogP contribution in [0.2, 0.25) is 0 Å². The van der Waals surface area contributed by atoms with E-state index in [-0.39, 0.29) is 18.1 Å². The lowest BCUT2D eigenvalue weighted by Gasteiger charge is -2.24. The SMILES string of the molecule is Cc1cccc(NC(=O)N(Cc2ccc(C(=O)NCC(F)C(=O)O)cc2)c2ccc(C3=CCCCC3)cc2)c1. The molecular weight excluding hydrogens is 497 g/mol. The van der Waals surface area contributed by atoms with Crippen molar-refractivity contribution in [2.24, 2.45) is 0 Å². The number of anilines is 2. The Bertz CT molecular complexity index is 1350. The number of nitrogens with zero attached hydrogens (tertiary/aromatic N) is 1. The normalized spacial score (nSPS) is 13.6. The molecular formula is C31H32FN3O4. The van der Waals surface area contributed by atoms with Crippen LogP contribution in [-0.4, -0.2) is 35.7 Å². The van der Waals surface area contributed by atoms with Crippen LogP contribution in [0.5, 0.6) is 0 Å². The smallest absolute Gasteiger partial charge is 0.340 e. The molecule has 1 aliphatic carbocycles. The minimum absolute atomic E-state index is 0.243. The van der Waals surface area contributed by atoms with Crippen molar-refractivity contribution >= 4 is 34.9 Å². The molecule has 3 aromatic carbocycles. The second-order valence-corrected chi connectivity index (χ2v) is 9.62. The molecule has 3 amide bonds. The van der Waals surface area contributed by atoms with Gasteiger partial charge in [0, 0.05) is 16.9 Å². The predicted octanol–water partition coefficient (Wildman–Crippen LogP) is 6.34. The van der Waals surface area contributed by atoms with E-state index < -0.39 is 24.6 Å². The number of benzene rings is 3. The molecule has 1 unspecified atom stereocenters. The highest BCUT2D eigenvalue weighted by Gasteiger charge is 2.19. The third kappa shape index (κ3) is 7.54. The number of alkyl halides is 1. The fraction of sp³-hybridized carbons (Fsp3) is 0.258. The first kappa shape index (κ1) is 27.6. The Balaban J connectivity index is 1.52. The van der Waals surface area contributed by atoms with Gasteiger partial charge in [-0.3, -0.25) is 9.69 Å². The number of rotatable bonds is 9. The summed E-state index contributed by atoms with van der Waals surface area (Å²) in [5.41, 5.74) is 5.97. The zero-order valence-corrected chi connectivity index (χ0v) is 21.8. The molecule has 7 nitrogen and oxygen atoms in total. The third-order valence-electron chi connectivity index (χ3n) is 6.62. The molecule has 0 saturated heterocycles. The number of halogens is 1. The van der Waals surface area contributed by atoms with Crippen molar-refractivity contribution in [2.75, 3.05) is 16.8 Å². The summed E-state index contributed by atoms with van der Waals surface area (Å²) in [6.45, 7) is 1.59. The number of aliphatic carboxylic acids is 1. The Labute approximate surface area is 227 Å². The van der Waals surface area contributed by atoms with E-state index in [0.717, 1.165) is 35.2 Å². The molecule has 1 atom stereocenters. The largest absolute Gasteiger partial charge is 0.479 e. The standard InChI is InChI=1S/C31H32FN3O4/c1-21-6-5-9-26(18-21)34-31(39)35(27-16-14-24(15-17-27)23-7-3-2-4-8-23)20-22-10-12-25(13-11-22)29(36)33-19-28(32)30(37)38/h5-7,9-18,28H,2-4,8,19-20H2,1H3,(H,33,36)(H,34,39)(H,37,38). The lowest BCUT2D eigenvalue weighted by Crippen LogP contribution is -2.35. The molecule has 0 bridgehead atoms. The summed E-state index contributed by atoms with van der Waals surface area (Å²) >= 11 is 0. The van der Waals surface area contributed by atoms with Crippen molar-refractivity contribution in [3.05, 3.63) is 101 Å². The first-order valence-electron chi connectivity index (χ1n) is 13.0. The van der Waals surface area contributed by atoms with Gasteiger partial charge in [-0.05, 0) is 91.3 Å². The number of urea groups is 1. The Morgan fingerprint density at radius 2 is 1.74 bits per heavy atom. The summed E-state index contributed by atoms with van der Waals surface area (Å²) in [6, 6.07) is 21.8. The maximum atomic E-state index is 13.5. The summed E-state index contributed by atoms with van der Waals surface area (Å²) < 4.78 is 13.3. The maximum absolute atomic E-state index is 13.5. The van der Waals surface area contributed by atoms with Gasteiger partial charge in [-0.15, -0.1) is 0 Å². The van der Waals surface area contributed by atoms with Crippen LogP contribution in [0.4, 0.5) is 20.6 Å². The van der Waals surface area contributed by atoms with Gasteiger partial charge in [0.1, 0.15) is 0 Å². The number of hydrogen-bond donors (Lipinski definition) is 3. The Kier molecular flexibility index (Phi) is 9.10. The van der Waals surface area contributed by atoms with Crippen LogP contribution in [0.15, 0.2) is 78.9 Å². The van der Waals surface area contributed by atoms with E-state index >= 15 is 0 Å². The van der Waals surface area contributed by atoms with Crippen LogP contribution in [0.1, 0.15) is 52.7 Å². The number of nitrogens with one attached hydrogen (secondary N) is 2. The van der Waals surface area contributed by atoms with E-state index in [2.05, 4.69) is 16.7 Å². The van der Waals surface area contributed by atoms with Gasteiger partial charge in [0.05, 0.1) is 13.1 Å². The maximum Gasteiger partial charge on any atom is 0.340 e. The summed E-state index contributed by atoms with van der Waals surface area (Å²) in [5.74, 6) is -2.20. The molecule has 3 N–H and O–H groups in total. The molecule has 0 radical (unpaired) electrons. The van der Waals surface area contributed by atoms with Gasteiger partial charge in [-0.2, -0.15) is 0 Å². The average Bonchev–Trinajstić information content (AvgIpc) is 2.95. The molecule has 8 heteroatoms. The number of allylic oxidation sites excluding steroid dienone is 2. The fourth-order valence-corrected chi connectivity index (χ4v) is 4.47. The summed E-state index contributed by atoms with van der Waals surface area (Å²) in [7, 11) is 0. The van der Waals surface area contributed by atoms with Crippen molar-refractivity contribution < 1.29 is 23.9 Å². The number of hydrogen-bond acceptors (Lipinski definition) is 3. The van der Waals surface area contributed by atoms with Gasteiger partial charge in [0.25, 0.3) is 5.91 Å². The topological polar surface area (TPSA) is 98.7 Å². The van der Waals surface area contributed by atoms with Crippen LogP contribution in [0, 0.1) is 6.92 Å². The van der Waals surface area contributed by atoms with Crippen LogP contribution in [0.25, 0.3) is 5.57 Å². The average molecular weight is 530 g/mol. The monoisotopic (exact) mass is 529 g/mol. The summed E-state index contributed by atoms with van der Waals surface area (Å²) in [5, 5.41) is 13.9. The molecule has 1 aliphatic rings. The zero-order valence-electron chi connectivity index (χ0n) is 21.8. The molecule has 0 heterocycles. The number of carboxylic acids is 1. The van der Waals surface area contributed by atoms with Crippen LogP contribution < -0.4 is 15.5 Å². The second-order valence-electron chi connectivity index (χ2n) is 9.62. The quantitative estimate of drug-likeness (QED) is 0.301. The molecule has 0 aliphatic heterocycles. The molecule has 0 spiro atoms. The molecule has 3 aromatic rings. The number of carbonyl (C=O) groups is 3. The molecule has 39 heavy (non-hydrogen) atoms. The van der Waals surface area contributed by atoms with Crippen molar-refractivity contribution in [1.82, 2.24) is 5.32 Å². The Morgan fingerprint density at radius 1 is 1.00 bits per heavy atom. The van der Waals surface area contributed by atoms with Gasteiger partial charge in [0.15, 0.2) is 0 Å². The highest BCUT2D eigenvalue weighted by molar-refractivity contribution is 6.02. The minimum Gasteiger partial charge on any atom is -0.479 e. The van der Waals surface area contributed by atoms with Crippen molar-refractivity contribution in [1.29, 1.82) is 0 Å². The number of aryl methyl sites for hydroxylation is 1. The van der Waals surface area contributed by atoms with Gasteiger partial charge >= 0.3 is 12.0 Å². The van der Waals surface area contributed by atoms with E-state index in [0.29, 0.717) is 5.69 Å². The predicted molar refractivity (Wildman–Crippen MR) is 151 cm³/mol. The van der Waals surface area contributed by atoms with Gasteiger partial charge < -0.3 is 15.7 Å². The van der Waals surface area contributed by atoms with Crippen LogP contribution in [0.3, 0.4) is 0 Å². The van der Waals surface area contributed by atoms with Gasteiger partial charge in [0.2, 0.25) is 6.17 Å². The lowest BCUT2D eigenvalue weighted by atomic mass is 9.93. The van der Waals surface area contributed by atoms with Crippen molar-refractivity contribution in [3.63, 3.8) is 0 Å². The summed E-state index contributed by atoms with van der Waals surface area (Å²) in [4.78, 5) is 38.0. The van der Waals surface area contributed by atoms with E-state index in [1.54, 1.807) is 29.2 Å². The highest BCUT2D eigenvalue weighted by Crippen LogP contribution is 2.29. The van der Waals surface area contributed by atoms with Crippen LogP contribution in [-0.2, 0) is 11.3 Å². The molecule has 0 fully saturated rings. The second kappa shape index (κ2) is 12.9. The lowest BCUT2D eigenvalue weighted by molar-refractivity contribution is -0.142. The number of amides is 3. The fourth-order valence-electron chi connectivity index (χ4n) is 4.47. The molecule has 0 saturated carbocycles. The van der Waals surface area contributed by atoms with E-state index in [4.69, 9.17) is 5.11 Å². The number of carbonyl (C=O) groups excluding carboxylic acids is 2. The third-order valence-corrected chi connectivity index (χ3v) is 6.62. The van der Waals surface area contributed by atoms with E-state index in [1.165, 1.54) is 18.4 Å². The van der Waals surface area contributed by atoms with E-state index in [9.17, 15) is 18.8 Å². The Hall–Kier alpha value is -4.46. The molecule has 4 rings (SSSR count). The Morgan fingerprint density at radius 3 is 2.38 bits per heavy atom. The molecule has 0 aromatic heterocycles. The minimum atomic E-state index is -2.17. The van der Waals surface area contributed by atoms with E-state index in [1.807, 2.05) is 55.5 Å². The van der Waals surface area contributed by atoms with Crippen molar-refractivity contribution in [3.8, 4) is 0 Å². The highest BCUT2D eigenvalue weighted by atomic mass is 19.1. The zero-order chi connectivity index (χ0) is 27.8. The van der Waals surface area contributed by atoms with Gasteiger partial charge in [-0.25, -0.2) is 14.0 Å². The molecule has 202 valence electrons. The van der Waals surface area contributed by atoms with Crippen LogP contribution >= 0.6 is 0 Å². The summed E-state index contributed by atoms with van der Waals surface area (Å²) in [6.07, 6.45) is 4.65. The van der Waals surface area contributed by atoms with Gasteiger partial charge in [-0.1, -0.05) is 42.5 Å². The first-order valence-corrected chi connectivity index (χ1v) is 13.0. The first-order chi connectivity index (χ1) is 18.8. The number of carboxylic acid groups (broad SMARTS) is 1.